The highest BCUT2D eigenvalue weighted by molar-refractivity contribution is 5.91. The first-order valence-electron chi connectivity index (χ1n) is 8.06. The summed E-state index contributed by atoms with van der Waals surface area (Å²) >= 11 is 0. The van der Waals surface area contributed by atoms with E-state index in [1.165, 1.54) is 0 Å². The third-order valence-electron chi connectivity index (χ3n) is 4.70. The standard InChI is InChI=1S/C23H18O/c1-2-23(24,21-15-7-11-17-9-3-5-13-19(17)21)22-16-8-12-18-10-4-6-14-20(18)22/h2-16,24H,1H2. The number of rotatable bonds is 3. The highest BCUT2D eigenvalue weighted by atomic mass is 16.3. The first-order chi connectivity index (χ1) is 11.7. The van der Waals surface area contributed by atoms with Crippen LogP contribution in [-0.4, -0.2) is 5.11 Å². The van der Waals surface area contributed by atoms with Crippen molar-refractivity contribution >= 4 is 21.5 Å². The maximum atomic E-state index is 11.6. The molecule has 1 heteroatoms. The minimum Gasteiger partial charge on any atom is -0.377 e. The largest absolute Gasteiger partial charge is 0.377 e. The van der Waals surface area contributed by atoms with Crippen LogP contribution in [0.15, 0.2) is 97.6 Å². The van der Waals surface area contributed by atoms with Gasteiger partial charge in [0.2, 0.25) is 0 Å². The lowest BCUT2D eigenvalue weighted by atomic mass is 9.81. The summed E-state index contributed by atoms with van der Waals surface area (Å²) in [6.07, 6.45) is 1.64. The Labute approximate surface area is 141 Å². The van der Waals surface area contributed by atoms with Crippen molar-refractivity contribution in [2.24, 2.45) is 0 Å². The monoisotopic (exact) mass is 310 g/mol. The normalized spacial score (nSPS) is 11.7. The van der Waals surface area contributed by atoms with E-state index in [1.54, 1.807) is 6.08 Å². The molecule has 0 fully saturated rings. The lowest BCUT2D eigenvalue weighted by molar-refractivity contribution is 0.138. The van der Waals surface area contributed by atoms with Gasteiger partial charge in [0.25, 0.3) is 0 Å². The molecule has 0 amide bonds. The van der Waals surface area contributed by atoms with Crippen molar-refractivity contribution in [3.05, 3.63) is 109 Å². The first-order valence-corrected chi connectivity index (χ1v) is 8.06. The van der Waals surface area contributed by atoms with Gasteiger partial charge in [0.05, 0.1) is 0 Å². The Bertz CT molecular complexity index is 956. The molecule has 0 heterocycles. The van der Waals surface area contributed by atoms with E-state index in [9.17, 15) is 5.11 Å². The van der Waals surface area contributed by atoms with E-state index in [4.69, 9.17) is 0 Å². The van der Waals surface area contributed by atoms with Crippen molar-refractivity contribution in [3.8, 4) is 0 Å². The van der Waals surface area contributed by atoms with Crippen LogP contribution in [0.3, 0.4) is 0 Å². The summed E-state index contributed by atoms with van der Waals surface area (Å²) < 4.78 is 0. The lowest BCUT2D eigenvalue weighted by Gasteiger charge is -2.28. The Kier molecular flexibility index (Phi) is 3.44. The second-order valence-electron chi connectivity index (χ2n) is 6.02. The lowest BCUT2D eigenvalue weighted by Crippen LogP contribution is -2.25. The summed E-state index contributed by atoms with van der Waals surface area (Å²) in [6, 6.07) is 28.3. The van der Waals surface area contributed by atoms with E-state index in [-0.39, 0.29) is 0 Å². The van der Waals surface area contributed by atoms with Crippen molar-refractivity contribution in [1.29, 1.82) is 0 Å². The third-order valence-corrected chi connectivity index (χ3v) is 4.70. The fraction of sp³-hybridized carbons (Fsp3) is 0.0435. The summed E-state index contributed by atoms with van der Waals surface area (Å²) in [4.78, 5) is 0. The zero-order valence-electron chi connectivity index (χ0n) is 13.3. The second-order valence-corrected chi connectivity index (χ2v) is 6.02. The van der Waals surface area contributed by atoms with Gasteiger partial charge >= 0.3 is 0 Å². The van der Waals surface area contributed by atoms with Gasteiger partial charge < -0.3 is 5.11 Å². The van der Waals surface area contributed by atoms with Crippen LogP contribution in [-0.2, 0) is 5.60 Å². The van der Waals surface area contributed by atoms with Crippen LogP contribution in [0, 0.1) is 0 Å². The quantitative estimate of drug-likeness (QED) is 0.501. The molecule has 0 saturated carbocycles. The summed E-state index contributed by atoms with van der Waals surface area (Å²) in [5.74, 6) is 0. The SMILES string of the molecule is C=CC(O)(c1cccc2ccccc12)c1cccc2ccccc12. The van der Waals surface area contributed by atoms with E-state index < -0.39 is 5.60 Å². The first kappa shape index (κ1) is 14.7. The molecule has 4 aromatic rings. The molecule has 0 aliphatic heterocycles. The van der Waals surface area contributed by atoms with Gasteiger partial charge in [0.15, 0.2) is 0 Å². The molecule has 0 aliphatic rings. The molecule has 0 radical (unpaired) electrons. The smallest absolute Gasteiger partial charge is 0.134 e. The van der Waals surface area contributed by atoms with Gasteiger partial charge in [-0.25, -0.2) is 0 Å². The van der Waals surface area contributed by atoms with E-state index in [2.05, 4.69) is 30.8 Å². The third kappa shape index (κ3) is 2.14. The van der Waals surface area contributed by atoms with Crippen LogP contribution in [0.4, 0.5) is 0 Å². The van der Waals surface area contributed by atoms with Crippen molar-refractivity contribution in [2.45, 2.75) is 5.60 Å². The topological polar surface area (TPSA) is 20.2 Å². The van der Waals surface area contributed by atoms with Crippen LogP contribution in [0.1, 0.15) is 11.1 Å². The van der Waals surface area contributed by atoms with Gasteiger partial charge in [0.1, 0.15) is 5.60 Å². The molecule has 4 aromatic carbocycles. The van der Waals surface area contributed by atoms with E-state index in [0.29, 0.717) is 0 Å². The van der Waals surface area contributed by atoms with Gasteiger partial charge in [-0.15, -0.1) is 0 Å². The van der Waals surface area contributed by atoms with Crippen molar-refractivity contribution in [3.63, 3.8) is 0 Å². The summed E-state index contributed by atoms with van der Waals surface area (Å²) in [7, 11) is 0. The average molecular weight is 310 g/mol. The molecule has 0 unspecified atom stereocenters. The molecular formula is C23H18O. The Hall–Kier alpha value is -2.90. The molecule has 0 aliphatic carbocycles. The van der Waals surface area contributed by atoms with Crippen molar-refractivity contribution in [2.75, 3.05) is 0 Å². The molecule has 0 spiro atoms. The summed E-state index contributed by atoms with van der Waals surface area (Å²) in [5.41, 5.74) is 0.459. The Morgan fingerprint density at radius 2 is 1.04 bits per heavy atom. The number of hydrogen-bond donors (Lipinski definition) is 1. The highest BCUT2D eigenvalue weighted by Gasteiger charge is 2.31. The predicted molar refractivity (Wildman–Crippen MR) is 101 cm³/mol. The minimum absolute atomic E-state index is 0.854. The number of fused-ring (bicyclic) bond motifs is 2. The van der Waals surface area contributed by atoms with Crippen LogP contribution in [0.2, 0.25) is 0 Å². The molecule has 0 atom stereocenters. The fourth-order valence-electron chi connectivity index (χ4n) is 3.48. The summed E-state index contributed by atoms with van der Waals surface area (Å²) in [5, 5.41) is 15.9. The minimum atomic E-state index is -1.25. The molecule has 0 bridgehead atoms. The average Bonchev–Trinajstić information content (AvgIpc) is 2.66. The molecule has 24 heavy (non-hydrogen) atoms. The van der Waals surface area contributed by atoms with Crippen LogP contribution < -0.4 is 0 Å². The van der Waals surface area contributed by atoms with Crippen LogP contribution in [0.5, 0.6) is 0 Å². The van der Waals surface area contributed by atoms with Gasteiger partial charge in [-0.3, -0.25) is 0 Å². The van der Waals surface area contributed by atoms with E-state index in [0.717, 1.165) is 32.7 Å². The summed E-state index contributed by atoms with van der Waals surface area (Å²) in [6.45, 7) is 3.95. The highest BCUT2D eigenvalue weighted by Crippen LogP contribution is 2.38. The number of benzene rings is 4. The van der Waals surface area contributed by atoms with Crippen molar-refractivity contribution < 1.29 is 5.11 Å². The van der Waals surface area contributed by atoms with Gasteiger partial charge in [-0.05, 0) is 32.7 Å². The van der Waals surface area contributed by atoms with Gasteiger partial charge in [0, 0.05) is 0 Å². The zero-order chi connectivity index (χ0) is 16.6. The Balaban J connectivity index is 2.07. The molecule has 4 rings (SSSR count). The Morgan fingerprint density at radius 1 is 0.625 bits per heavy atom. The second kappa shape index (κ2) is 5.63. The van der Waals surface area contributed by atoms with Gasteiger partial charge in [-0.2, -0.15) is 0 Å². The maximum Gasteiger partial charge on any atom is 0.134 e. The number of hydrogen-bond acceptors (Lipinski definition) is 1. The van der Waals surface area contributed by atoms with Crippen LogP contribution >= 0.6 is 0 Å². The van der Waals surface area contributed by atoms with Gasteiger partial charge in [-0.1, -0.05) is 97.6 Å². The van der Waals surface area contributed by atoms with Crippen LogP contribution in [0.25, 0.3) is 21.5 Å². The molecule has 1 N–H and O–H groups in total. The molecular weight excluding hydrogens is 292 g/mol. The molecule has 116 valence electrons. The van der Waals surface area contributed by atoms with E-state index >= 15 is 0 Å². The maximum absolute atomic E-state index is 11.6. The Morgan fingerprint density at radius 3 is 1.50 bits per heavy atom. The zero-order valence-corrected chi connectivity index (χ0v) is 13.3. The predicted octanol–water partition coefficient (Wildman–Crippen LogP) is 5.41. The van der Waals surface area contributed by atoms with Crippen molar-refractivity contribution in [1.82, 2.24) is 0 Å². The molecule has 0 aromatic heterocycles. The fourth-order valence-corrected chi connectivity index (χ4v) is 3.48. The molecule has 0 saturated heterocycles. The molecule has 1 nitrogen and oxygen atoms in total. The number of aliphatic hydroxyl groups is 1. The van der Waals surface area contributed by atoms with E-state index in [1.807, 2.05) is 60.7 Å².